The van der Waals surface area contributed by atoms with E-state index in [4.69, 9.17) is 4.42 Å². The van der Waals surface area contributed by atoms with E-state index in [1.165, 1.54) is 0 Å². The molecule has 1 unspecified atom stereocenters. The number of hydrogen-bond acceptors (Lipinski definition) is 4. The van der Waals surface area contributed by atoms with Crippen molar-refractivity contribution in [2.45, 2.75) is 6.04 Å². The Morgan fingerprint density at radius 2 is 1.66 bits per heavy atom. The molecule has 1 aliphatic rings. The summed E-state index contributed by atoms with van der Waals surface area (Å²) in [5.74, 6) is -0.362. The van der Waals surface area contributed by atoms with E-state index < -0.39 is 5.63 Å². The Bertz CT molecular complexity index is 1260. The van der Waals surface area contributed by atoms with E-state index >= 15 is 0 Å². The van der Waals surface area contributed by atoms with Crippen molar-refractivity contribution in [1.29, 1.82) is 0 Å². The number of nitrogens with one attached hydrogen (secondary N) is 1. The Balaban J connectivity index is 1.59. The lowest BCUT2D eigenvalue weighted by Gasteiger charge is -2.36. The van der Waals surface area contributed by atoms with E-state index in [2.05, 4.69) is 5.32 Å². The minimum atomic E-state index is -0.624. The first-order valence-electron chi connectivity index (χ1n) is 9.46. The maximum atomic E-state index is 13.4. The highest BCUT2D eigenvalue weighted by atomic mass is 16.4. The molecule has 0 fully saturated rings. The van der Waals surface area contributed by atoms with Gasteiger partial charge in [-0.05, 0) is 29.8 Å². The Labute approximate surface area is 167 Å². The lowest BCUT2D eigenvalue weighted by Crippen LogP contribution is -2.42. The molecule has 1 aromatic heterocycles. The molecule has 4 aromatic rings. The van der Waals surface area contributed by atoms with Gasteiger partial charge in [0.05, 0.1) is 24.0 Å². The van der Waals surface area contributed by atoms with Crippen LogP contribution in [0.25, 0.3) is 11.0 Å². The van der Waals surface area contributed by atoms with Crippen LogP contribution in [0.15, 0.2) is 94.1 Å². The van der Waals surface area contributed by atoms with Crippen molar-refractivity contribution in [2.75, 3.05) is 16.8 Å². The summed E-state index contributed by atoms with van der Waals surface area (Å²) in [5.41, 5.74) is 2.55. The first-order chi connectivity index (χ1) is 14.2. The number of fused-ring (bicyclic) bond motifs is 2. The van der Waals surface area contributed by atoms with Crippen molar-refractivity contribution < 1.29 is 9.21 Å². The van der Waals surface area contributed by atoms with Crippen molar-refractivity contribution in [2.24, 2.45) is 0 Å². The Morgan fingerprint density at radius 1 is 0.931 bits per heavy atom. The van der Waals surface area contributed by atoms with Gasteiger partial charge in [-0.25, -0.2) is 4.79 Å². The van der Waals surface area contributed by atoms with Crippen LogP contribution in [0, 0.1) is 0 Å². The average Bonchev–Trinajstić information content (AvgIpc) is 2.78. The molecular formula is C24H18N2O3. The van der Waals surface area contributed by atoms with Crippen LogP contribution in [0.1, 0.15) is 22.0 Å². The summed E-state index contributed by atoms with van der Waals surface area (Å²) in [5, 5.41) is 4.22. The van der Waals surface area contributed by atoms with Crippen LogP contribution in [-0.4, -0.2) is 12.5 Å². The second-order valence-corrected chi connectivity index (χ2v) is 7.03. The van der Waals surface area contributed by atoms with Crippen LogP contribution < -0.4 is 15.8 Å². The molecule has 3 aromatic carbocycles. The van der Waals surface area contributed by atoms with Gasteiger partial charge in [-0.15, -0.1) is 0 Å². The van der Waals surface area contributed by atoms with E-state index in [0.29, 0.717) is 12.1 Å². The van der Waals surface area contributed by atoms with Crippen molar-refractivity contribution in [3.05, 3.63) is 106 Å². The van der Waals surface area contributed by atoms with Gasteiger partial charge in [0.25, 0.3) is 5.91 Å². The Kier molecular flexibility index (Phi) is 4.13. The first-order valence-corrected chi connectivity index (χ1v) is 9.46. The van der Waals surface area contributed by atoms with Gasteiger partial charge in [0.15, 0.2) is 0 Å². The van der Waals surface area contributed by atoms with Crippen molar-refractivity contribution in [3.8, 4) is 0 Å². The number of carbonyl (C=O) groups excluding carboxylic acids is 1. The Morgan fingerprint density at radius 3 is 2.52 bits per heavy atom. The maximum Gasteiger partial charge on any atom is 0.349 e. The largest absolute Gasteiger partial charge is 0.422 e. The van der Waals surface area contributed by atoms with Gasteiger partial charge in [-0.1, -0.05) is 60.7 Å². The number of nitrogens with zero attached hydrogens (tertiary/aromatic N) is 1. The monoisotopic (exact) mass is 382 g/mol. The molecule has 1 atom stereocenters. The minimum Gasteiger partial charge on any atom is -0.422 e. The normalized spacial score (nSPS) is 15.6. The van der Waals surface area contributed by atoms with Crippen LogP contribution in [0.3, 0.4) is 0 Å². The third-order valence-electron chi connectivity index (χ3n) is 5.21. The third kappa shape index (κ3) is 3.06. The molecule has 0 bridgehead atoms. The van der Waals surface area contributed by atoms with Gasteiger partial charge < -0.3 is 14.6 Å². The zero-order valence-electron chi connectivity index (χ0n) is 15.5. The number of rotatable bonds is 2. The van der Waals surface area contributed by atoms with Gasteiger partial charge in [0.2, 0.25) is 0 Å². The molecule has 1 aliphatic heterocycles. The highest BCUT2D eigenvalue weighted by Crippen LogP contribution is 2.36. The molecule has 0 saturated heterocycles. The number of benzene rings is 3. The molecule has 0 saturated carbocycles. The van der Waals surface area contributed by atoms with E-state index in [-0.39, 0.29) is 17.5 Å². The highest BCUT2D eigenvalue weighted by molar-refractivity contribution is 6.09. The predicted octanol–water partition coefficient (Wildman–Crippen LogP) is 4.61. The molecule has 2 heterocycles. The van der Waals surface area contributed by atoms with Crippen molar-refractivity contribution in [1.82, 2.24) is 0 Å². The Hall–Kier alpha value is -3.86. The molecule has 1 amide bonds. The molecule has 0 aliphatic carbocycles. The van der Waals surface area contributed by atoms with E-state index in [0.717, 1.165) is 22.3 Å². The summed E-state index contributed by atoms with van der Waals surface area (Å²) in [6.07, 6.45) is 0. The molecule has 5 nitrogen and oxygen atoms in total. The first kappa shape index (κ1) is 17.3. The summed E-state index contributed by atoms with van der Waals surface area (Å²) in [4.78, 5) is 27.7. The summed E-state index contributed by atoms with van der Waals surface area (Å²) in [7, 11) is 0. The molecule has 5 heteroatoms. The fourth-order valence-electron chi connectivity index (χ4n) is 3.77. The van der Waals surface area contributed by atoms with Crippen LogP contribution in [0.2, 0.25) is 0 Å². The standard InChI is InChI=1S/C24H18N2O3/c27-23(18-14-17-10-4-7-13-22(17)29-24(18)28)26-15-20(16-8-2-1-3-9-16)25-19-11-5-6-12-21(19)26/h1-14,20,25H,15H2. The highest BCUT2D eigenvalue weighted by Gasteiger charge is 2.31. The molecule has 29 heavy (non-hydrogen) atoms. The summed E-state index contributed by atoms with van der Waals surface area (Å²) >= 11 is 0. The predicted molar refractivity (Wildman–Crippen MR) is 113 cm³/mol. The van der Waals surface area contributed by atoms with Gasteiger partial charge in [-0.2, -0.15) is 0 Å². The maximum absolute atomic E-state index is 13.4. The fraction of sp³-hybridized carbons (Fsp3) is 0.0833. The van der Waals surface area contributed by atoms with Crippen LogP contribution >= 0.6 is 0 Å². The lowest BCUT2D eigenvalue weighted by molar-refractivity contribution is 0.0981. The molecular weight excluding hydrogens is 364 g/mol. The van der Waals surface area contributed by atoms with Crippen molar-refractivity contribution in [3.63, 3.8) is 0 Å². The van der Waals surface area contributed by atoms with Crippen LogP contribution in [0.5, 0.6) is 0 Å². The number of carbonyl (C=O) groups is 1. The smallest absolute Gasteiger partial charge is 0.349 e. The van der Waals surface area contributed by atoms with Crippen molar-refractivity contribution >= 4 is 28.3 Å². The van der Waals surface area contributed by atoms with Gasteiger partial charge >= 0.3 is 5.63 Å². The molecule has 1 N–H and O–H groups in total. The number of hydrogen-bond donors (Lipinski definition) is 1. The summed E-state index contributed by atoms with van der Waals surface area (Å²) in [6.45, 7) is 0.409. The van der Waals surface area contributed by atoms with Crippen LogP contribution in [-0.2, 0) is 0 Å². The minimum absolute atomic E-state index is 0.0345. The number of para-hydroxylation sites is 3. The van der Waals surface area contributed by atoms with Gasteiger partial charge in [0.1, 0.15) is 11.1 Å². The van der Waals surface area contributed by atoms with E-state index in [1.807, 2.05) is 66.7 Å². The molecule has 0 spiro atoms. The second-order valence-electron chi connectivity index (χ2n) is 7.03. The second kappa shape index (κ2) is 6.95. The molecule has 0 radical (unpaired) electrons. The van der Waals surface area contributed by atoms with E-state index in [1.54, 1.807) is 23.1 Å². The SMILES string of the molecule is O=C(c1cc2ccccc2oc1=O)N1CC(c2ccccc2)Nc2ccccc21. The zero-order chi connectivity index (χ0) is 19.8. The van der Waals surface area contributed by atoms with E-state index in [9.17, 15) is 9.59 Å². The average molecular weight is 382 g/mol. The topological polar surface area (TPSA) is 62.6 Å². The number of anilines is 2. The van der Waals surface area contributed by atoms with Gasteiger partial charge in [0, 0.05) is 5.39 Å². The number of amides is 1. The quantitative estimate of drug-likeness (QED) is 0.515. The van der Waals surface area contributed by atoms with Gasteiger partial charge in [-0.3, -0.25) is 4.79 Å². The fourth-order valence-corrected chi connectivity index (χ4v) is 3.77. The van der Waals surface area contributed by atoms with Crippen LogP contribution in [0.4, 0.5) is 11.4 Å². The molecule has 5 rings (SSSR count). The third-order valence-corrected chi connectivity index (χ3v) is 5.21. The lowest BCUT2D eigenvalue weighted by atomic mass is 10.0. The molecule has 142 valence electrons. The summed E-state index contributed by atoms with van der Waals surface area (Å²) in [6, 6.07) is 26.3. The zero-order valence-corrected chi connectivity index (χ0v) is 15.5. The summed E-state index contributed by atoms with van der Waals surface area (Å²) < 4.78 is 5.39.